The first-order valence-corrected chi connectivity index (χ1v) is 10.5. The molecule has 5 rings (SSSR count). The molecule has 0 aliphatic carbocycles. The lowest BCUT2D eigenvalue weighted by Crippen LogP contribution is -2.44. The van der Waals surface area contributed by atoms with E-state index in [2.05, 4.69) is 9.97 Å². The summed E-state index contributed by atoms with van der Waals surface area (Å²) in [4.78, 5) is 35.7. The van der Waals surface area contributed by atoms with E-state index in [4.69, 9.17) is 0 Å². The number of carbonyl (C=O) groups excluding carboxylic acids is 2. The molecule has 9 heteroatoms. The lowest BCUT2D eigenvalue weighted by Gasteiger charge is -2.33. The first-order chi connectivity index (χ1) is 15.3. The Labute approximate surface area is 182 Å². The molecule has 1 atom stereocenters. The number of nitrogens with one attached hydrogen (secondary N) is 1. The molecule has 0 spiro atoms. The van der Waals surface area contributed by atoms with Crippen LogP contribution in [0.1, 0.15) is 46.1 Å². The number of piperidine rings is 1. The third kappa shape index (κ3) is 3.72. The molecule has 0 bridgehead atoms. The van der Waals surface area contributed by atoms with E-state index in [9.17, 15) is 22.8 Å². The number of H-pyrrole nitrogens is 1. The standard InChI is InChI=1S/C23H21F3N4O2/c24-23(25,26)20-8-7-17-19(28-20)10-18(27-17)15-5-3-9-29(12-15)21(31)13-30-11-14-4-1-2-6-16(14)22(30)32/h1-2,4,6-8,10,15,27H,3,5,9,11-13H2/t15-/m0/s1. The Bertz CT molecular complexity index is 1200. The number of rotatable bonds is 3. The van der Waals surface area contributed by atoms with Gasteiger partial charge in [-0.2, -0.15) is 13.2 Å². The van der Waals surface area contributed by atoms with Gasteiger partial charge in [-0.3, -0.25) is 9.59 Å². The quantitative estimate of drug-likeness (QED) is 0.668. The molecule has 6 nitrogen and oxygen atoms in total. The lowest BCUT2D eigenvalue weighted by molar-refractivity contribution is -0.141. The van der Waals surface area contributed by atoms with Gasteiger partial charge in [0.25, 0.3) is 5.91 Å². The maximum absolute atomic E-state index is 13.0. The maximum atomic E-state index is 13.0. The molecule has 1 aromatic carbocycles. The van der Waals surface area contributed by atoms with Gasteiger partial charge >= 0.3 is 6.18 Å². The number of fused-ring (bicyclic) bond motifs is 2. The summed E-state index contributed by atoms with van der Waals surface area (Å²) in [6.45, 7) is 1.49. The van der Waals surface area contributed by atoms with Gasteiger partial charge in [-0.1, -0.05) is 18.2 Å². The summed E-state index contributed by atoms with van der Waals surface area (Å²) in [5.74, 6) is -0.281. The van der Waals surface area contributed by atoms with Crippen LogP contribution in [0.25, 0.3) is 11.0 Å². The van der Waals surface area contributed by atoms with Crippen molar-refractivity contribution < 1.29 is 22.8 Å². The number of hydrogen-bond acceptors (Lipinski definition) is 3. The average molecular weight is 442 g/mol. The van der Waals surface area contributed by atoms with Crippen LogP contribution in [-0.4, -0.2) is 51.2 Å². The Balaban J connectivity index is 1.28. The monoisotopic (exact) mass is 442 g/mol. The van der Waals surface area contributed by atoms with Gasteiger partial charge in [-0.15, -0.1) is 0 Å². The summed E-state index contributed by atoms with van der Waals surface area (Å²) >= 11 is 0. The van der Waals surface area contributed by atoms with E-state index >= 15 is 0 Å². The highest BCUT2D eigenvalue weighted by atomic mass is 19.4. The van der Waals surface area contributed by atoms with Crippen molar-refractivity contribution >= 4 is 22.8 Å². The molecule has 2 aliphatic rings. The number of aromatic nitrogens is 2. The molecule has 2 amide bonds. The summed E-state index contributed by atoms with van der Waals surface area (Å²) in [6.07, 6.45) is -2.90. The SMILES string of the molecule is O=C(CN1Cc2ccccc2C1=O)N1CCC[C@H](c2cc3nc(C(F)(F)F)ccc3[nH]2)C1. The molecule has 0 unspecified atom stereocenters. The van der Waals surface area contributed by atoms with Crippen molar-refractivity contribution in [2.45, 2.75) is 31.5 Å². The van der Waals surface area contributed by atoms with Crippen molar-refractivity contribution in [3.8, 4) is 0 Å². The van der Waals surface area contributed by atoms with Crippen molar-refractivity contribution in [3.63, 3.8) is 0 Å². The van der Waals surface area contributed by atoms with Gasteiger partial charge in [0, 0.05) is 36.8 Å². The van der Waals surface area contributed by atoms with Gasteiger partial charge in [-0.05, 0) is 42.7 Å². The Morgan fingerprint density at radius 3 is 2.78 bits per heavy atom. The van der Waals surface area contributed by atoms with Gasteiger partial charge in [0.05, 0.1) is 11.0 Å². The van der Waals surface area contributed by atoms with Crippen LogP contribution in [0.4, 0.5) is 13.2 Å². The molecule has 2 aromatic heterocycles. The molecule has 0 radical (unpaired) electrons. The Morgan fingerprint density at radius 1 is 1.19 bits per heavy atom. The predicted octanol–water partition coefficient (Wildman–Crippen LogP) is 3.94. The minimum absolute atomic E-state index is 0.0173. The molecule has 1 N–H and O–H groups in total. The number of carbonyl (C=O) groups is 2. The summed E-state index contributed by atoms with van der Waals surface area (Å²) in [6, 6.07) is 11.3. The fourth-order valence-electron chi connectivity index (χ4n) is 4.57. The number of amides is 2. The number of pyridine rings is 1. The van der Waals surface area contributed by atoms with Crippen LogP contribution in [0.15, 0.2) is 42.5 Å². The predicted molar refractivity (Wildman–Crippen MR) is 111 cm³/mol. The van der Waals surface area contributed by atoms with Crippen LogP contribution in [0.5, 0.6) is 0 Å². The molecule has 0 saturated carbocycles. The summed E-state index contributed by atoms with van der Waals surface area (Å²) in [5.41, 5.74) is 2.21. The minimum atomic E-state index is -4.49. The molecule has 2 aliphatic heterocycles. The van der Waals surface area contributed by atoms with E-state index in [0.717, 1.165) is 30.2 Å². The van der Waals surface area contributed by atoms with Gasteiger partial charge in [0.2, 0.25) is 5.91 Å². The van der Waals surface area contributed by atoms with Crippen molar-refractivity contribution in [1.82, 2.24) is 19.8 Å². The van der Waals surface area contributed by atoms with E-state index in [1.807, 2.05) is 18.2 Å². The second kappa shape index (κ2) is 7.65. The first kappa shape index (κ1) is 20.5. The molecule has 32 heavy (non-hydrogen) atoms. The van der Waals surface area contributed by atoms with Crippen LogP contribution >= 0.6 is 0 Å². The molecule has 166 valence electrons. The molecule has 1 saturated heterocycles. The average Bonchev–Trinajstić information content (AvgIpc) is 3.34. The second-order valence-corrected chi connectivity index (χ2v) is 8.35. The highest BCUT2D eigenvalue weighted by Crippen LogP contribution is 2.32. The largest absolute Gasteiger partial charge is 0.433 e. The second-order valence-electron chi connectivity index (χ2n) is 8.35. The molecular formula is C23H21F3N4O2. The minimum Gasteiger partial charge on any atom is -0.357 e. The molecule has 3 aromatic rings. The summed E-state index contributed by atoms with van der Waals surface area (Å²) in [7, 11) is 0. The fraction of sp³-hybridized carbons (Fsp3) is 0.348. The zero-order valence-electron chi connectivity index (χ0n) is 17.2. The zero-order valence-corrected chi connectivity index (χ0v) is 17.2. The van der Waals surface area contributed by atoms with Crippen LogP contribution in [0.2, 0.25) is 0 Å². The van der Waals surface area contributed by atoms with E-state index in [1.165, 1.54) is 6.07 Å². The number of hydrogen-bond donors (Lipinski definition) is 1. The maximum Gasteiger partial charge on any atom is 0.433 e. The van der Waals surface area contributed by atoms with E-state index < -0.39 is 11.9 Å². The van der Waals surface area contributed by atoms with E-state index in [0.29, 0.717) is 30.7 Å². The van der Waals surface area contributed by atoms with Gasteiger partial charge in [0.1, 0.15) is 12.2 Å². The van der Waals surface area contributed by atoms with Gasteiger partial charge < -0.3 is 14.8 Å². The fourth-order valence-corrected chi connectivity index (χ4v) is 4.57. The topological polar surface area (TPSA) is 69.3 Å². The van der Waals surface area contributed by atoms with Crippen LogP contribution in [0, 0.1) is 0 Å². The highest BCUT2D eigenvalue weighted by molar-refractivity contribution is 6.00. The number of likely N-dealkylation sites (tertiary alicyclic amines) is 1. The van der Waals surface area contributed by atoms with E-state index in [-0.39, 0.29) is 29.8 Å². The van der Waals surface area contributed by atoms with Crippen LogP contribution in [-0.2, 0) is 17.5 Å². The van der Waals surface area contributed by atoms with Gasteiger partial charge in [-0.25, -0.2) is 4.98 Å². The van der Waals surface area contributed by atoms with Crippen molar-refractivity contribution in [3.05, 3.63) is 65.0 Å². The summed E-state index contributed by atoms with van der Waals surface area (Å²) < 4.78 is 38.9. The number of alkyl halides is 3. The summed E-state index contributed by atoms with van der Waals surface area (Å²) in [5, 5.41) is 0. The third-order valence-corrected chi connectivity index (χ3v) is 6.22. The van der Waals surface area contributed by atoms with Crippen molar-refractivity contribution in [2.24, 2.45) is 0 Å². The normalized spacial score (nSPS) is 19.0. The van der Waals surface area contributed by atoms with Crippen molar-refractivity contribution in [1.29, 1.82) is 0 Å². The van der Waals surface area contributed by atoms with Crippen molar-refractivity contribution in [2.75, 3.05) is 19.6 Å². The molecule has 1 fully saturated rings. The molecule has 4 heterocycles. The van der Waals surface area contributed by atoms with Gasteiger partial charge in [0.15, 0.2) is 0 Å². The first-order valence-electron chi connectivity index (χ1n) is 10.5. The van der Waals surface area contributed by atoms with Crippen LogP contribution in [0.3, 0.4) is 0 Å². The smallest absolute Gasteiger partial charge is 0.357 e. The molecular weight excluding hydrogens is 421 g/mol. The zero-order chi connectivity index (χ0) is 22.5. The van der Waals surface area contributed by atoms with Crippen LogP contribution < -0.4 is 0 Å². The Kier molecular flexibility index (Phi) is 4.91. The lowest BCUT2D eigenvalue weighted by atomic mass is 9.95. The number of benzene rings is 1. The Morgan fingerprint density at radius 2 is 2.00 bits per heavy atom. The highest BCUT2D eigenvalue weighted by Gasteiger charge is 2.34. The third-order valence-electron chi connectivity index (χ3n) is 6.22. The number of nitrogens with zero attached hydrogens (tertiary/aromatic N) is 3. The number of halogens is 3. The number of aromatic amines is 1. The Hall–Kier alpha value is -3.36. The van der Waals surface area contributed by atoms with E-state index in [1.54, 1.807) is 21.9 Å².